The van der Waals surface area contributed by atoms with Gasteiger partial charge in [-0.1, -0.05) is 11.6 Å². The first kappa shape index (κ1) is 13.2. The minimum absolute atomic E-state index is 0.0138. The molecule has 98 valence electrons. The molecule has 3 heteroatoms. The molecule has 0 radical (unpaired) electrons. The van der Waals surface area contributed by atoms with Gasteiger partial charge in [-0.2, -0.15) is 0 Å². The van der Waals surface area contributed by atoms with E-state index in [0.717, 1.165) is 25.7 Å². The van der Waals surface area contributed by atoms with Crippen molar-refractivity contribution in [2.45, 2.75) is 44.6 Å². The van der Waals surface area contributed by atoms with E-state index in [1.165, 1.54) is 5.57 Å². The molecule has 0 saturated heterocycles. The van der Waals surface area contributed by atoms with Crippen LogP contribution in [0.25, 0.3) is 0 Å². The molecule has 18 heavy (non-hydrogen) atoms. The Labute approximate surface area is 108 Å². The van der Waals surface area contributed by atoms with Gasteiger partial charge in [0.25, 0.3) is 0 Å². The van der Waals surface area contributed by atoms with E-state index in [1.54, 1.807) is 0 Å². The smallest absolute Gasteiger partial charge is 0.303 e. The Hall–Kier alpha value is -1.27. The molecule has 0 aromatic carbocycles. The van der Waals surface area contributed by atoms with Crippen LogP contribution >= 0.6 is 0 Å². The quantitative estimate of drug-likeness (QED) is 0.455. The van der Waals surface area contributed by atoms with Crippen LogP contribution in [-0.4, -0.2) is 22.3 Å². The monoisotopic (exact) mass is 248 g/mol. The molecule has 0 aromatic heterocycles. The first-order chi connectivity index (χ1) is 8.63. The summed E-state index contributed by atoms with van der Waals surface area (Å²) in [6, 6.07) is 0. The third-order valence-electron chi connectivity index (χ3n) is 4.31. The summed E-state index contributed by atoms with van der Waals surface area (Å²) in [5.41, 5.74) is 1.43. The molecule has 0 bridgehead atoms. The largest absolute Gasteiger partial charge is 0.481 e. The highest BCUT2D eigenvalue weighted by molar-refractivity contribution is 5.66. The zero-order valence-corrected chi connectivity index (χ0v) is 10.5. The maximum atomic E-state index is 10.4. The second-order valence-corrected chi connectivity index (χ2v) is 5.38. The number of carboxylic acid groups (broad SMARTS) is 1. The van der Waals surface area contributed by atoms with Gasteiger partial charge in [-0.15, -0.1) is 12.3 Å². The van der Waals surface area contributed by atoms with Gasteiger partial charge in [-0.25, -0.2) is 0 Å². The molecule has 4 unspecified atom stereocenters. The minimum Gasteiger partial charge on any atom is -0.481 e. The number of aliphatic carboxylic acids is 1. The van der Waals surface area contributed by atoms with Crippen LogP contribution in [0.5, 0.6) is 0 Å². The first-order valence-electron chi connectivity index (χ1n) is 6.68. The van der Waals surface area contributed by atoms with Crippen LogP contribution in [-0.2, 0) is 4.79 Å². The van der Waals surface area contributed by atoms with Crippen molar-refractivity contribution < 1.29 is 15.0 Å². The average Bonchev–Trinajstić information content (AvgIpc) is 2.30. The molecule has 2 fully saturated rings. The van der Waals surface area contributed by atoms with Gasteiger partial charge in [-0.05, 0) is 43.9 Å². The van der Waals surface area contributed by atoms with Crippen molar-refractivity contribution in [1.29, 1.82) is 0 Å². The van der Waals surface area contributed by atoms with Crippen LogP contribution in [0.4, 0.5) is 0 Å². The van der Waals surface area contributed by atoms with Crippen LogP contribution < -0.4 is 0 Å². The van der Waals surface area contributed by atoms with Crippen molar-refractivity contribution >= 4 is 5.97 Å². The van der Waals surface area contributed by atoms with Crippen molar-refractivity contribution in [2.75, 3.05) is 0 Å². The number of aliphatic hydroxyl groups excluding tert-OH is 1. The number of hydrogen-bond acceptors (Lipinski definition) is 2. The zero-order valence-electron chi connectivity index (χ0n) is 10.5. The van der Waals surface area contributed by atoms with Crippen molar-refractivity contribution in [3.8, 4) is 12.3 Å². The van der Waals surface area contributed by atoms with E-state index < -0.39 is 5.97 Å². The molecule has 0 aliphatic heterocycles. The molecule has 0 aromatic rings. The number of fused-ring (bicyclic) bond motifs is 1. The number of carboxylic acids is 1. The number of allylic oxidation sites excluding steroid dienone is 2. The normalized spacial score (nSPS) is 36.6. The first-order valence-corrected chi connectivity index (χ1v) is 6.68. The Morgan fingerprint density at radius 1 is 1.50 bits per heavy atom. The Bertz CT molecular complexity index is 391. The van der Waals surface area contributed by atoms with Gasteiger partial charge < -0.3 is 10.2 Å². The fourth-order valence-corrected chi connectivity index (χ4v) is 3.28. The van der Waals surface area contributed by atoms with Crippen LogP contribution in [0, 0.1) is 30.1 Å². The molecule has 0 amide bonds. The summed E-state index contributed by atoms with van der Waals surface area (Å²) in [7, 11) is 0. The molecule has 2 aliphatic carbocycles. The lowest BCUT2D eigenvalue weighted by atomic mass is 9.57. The molecule has 2 saturated carbocycles. The minimum atomic E-state index is -0.729. The average molecular weight is 248 g/mol. The number of unbranched alkanes of at least 4 members (excludes halogenated alkanes) is 1. The Balaban J connectivity index is 1.84. The van der Waals surface area contributed by atoms with Gasteiger partial charge in [0.05, 0.1) is 6.10 Å². The van der Waals surface area contributed by atoms with E-state index in [0.29, 0.717) is 18.3 Å². The summed E-state index contributed by atoms with van der Waals surface area (Å²) in [6.07, 6.45) is 11.9. The van der Waals surface area contributed by atoms with E-state index in [4.69, 9.17) is 11.5 Å². The molecule has 2 rings (SSSR count). The Morgan fingerprint density at radius 3 is 2.94 bits per heavy atom. The van der Waals surface area contributed by atoms with E-state index in [2.05, 4.69) is 12.0 Å². The summed E-state index contributed by atoms with van der Waals surface area (Å²) in [6.45, 7) is 0. The lowest BCUT2D eigenvalue weighted by Crippen LogP contribution is -2.44. The third kappa shape index (κ3) is 2.59. The summed E-state index contributed by atoms with van der Waals surface area (Å²) in [4.78, 5) is 10.4. The van der Waals surface area contributed by atoms with Gasteiger partial charge in [0.15, 0.2) is 0 Å². The SMILES string of the molecule is C#CC1C(O)CCC2C(=CCCCC(=O)O)CC21. The summed E-state index contributed by atoms with van der Waals surface area (Å²) >= 11 is 0. The zero-order chi connectivity index (χ0) is 13.1. The molecule has 4 atom stereocenters. The van der Waals surface area contributed by atoms with Gasteiger partial charge >= 0.3 is 5.97 Å². The predicted molar refractivity (Wildman–Crippen MR) is 68.7 cm³/mol. The third-order valence-corrected chi connectivity index (χ3v) is 4.31. The van der Waals surface area contributed by atoms with Gasteiger partial charge in [-0.3, -0.25) is 4.79 Å². The van der Waals surface area contributed by atoms with Crippen LogP contribution in [0.15, 0.2) is 11.6 Å². The van der Waals surface area contributed by atoms with Gasteiger partial charge in [0.2, 0.25) is 0 Å². The second-order valence-electron chi connectivity index (χ2n) is 5.38. The van der Waals surface area contributed by atoms with E-state index in [-0.39, 0.29) is 18.4 Å². The molecular formula is C15H20O3. The molecule has 0 spiro atoms. The van der Waals surface area contributed by atoms with Crippen molar-refractivity contribution in [3.63, 3.8) is 0 Å². The predicted octanol–water partition coefficient (Wildman–Crippen LogP) is 2.21. The van der Waals surface area contributed by atoms with Crippen LogP contribution in [0.2, 0.25) is 0 Å². The van der Waals surface area contributed by atoms with E-state index >= 15 is 0 Å². The Kier molecular flexibility index (Phi) is 4.08. The molecule has 3 nitrogen and oxygen atoms in total. The lowest BCUT2D eigenvalue weighted by molar-refractivity contribution is -0.137. The van der Waals surface area contributed by atoms with E-state index in [9.17, 15) is 9.90 Å². The molecular weight excluding hydrogens is 228 g/mol. The van der Waals surface area contributed by atoms with E-state index in [1.807, 2.05) is 0 Å². The number of rotatable bonds is 4. The van der Waals surface area contributed by atoms with Crippen molar-refractivity contribution in [3.05, 3.63) is 11.6 Å². The topological polar surface area (TPSA) is 57.5 Å². The number of aliphatic hydroxyl groups is 1. The summed E-state index contributed by atoms with van der Waals surface area (Å²) in [5, 5.41) is 18.4. The lowest BCUT2D eigenvalue weighted by Gasteiger charge is -2.48. The fourth-order valence-electron chi connectivity index (χ4n) is 3.28. The van der Waals surface area contributed by atoms with Crippen molar-refractivity contribution in [1.82, 2.24) is 0 Å². The van der Waals surface area contributed by atoms with Gasteiger partial charge in [0.1, 0.15) is 0 Å². The standard InChI is InChI=1S/C15H20O3/c1-2-11-13-9-10(5-3-4-6-15(17)18)12(13)7-8-14(11)16/h1,5,11-14,16H,3-4,6-9H2,(H,17,18). The second kappa shape index (κ2) is 5.58. The van der Waals surface area contributed by atoms with Crippen molar-refractivity contribution in [2.24, 2.45) is 17.8 Å². The summed E-state index contributed by atoms with van der Waals surface area (Å²) in [5.74, 6) is 3.01. The molecule has 2 aliphatic rings. The number of hydrogen-bond donors (Lipinski definition) is 2. The highest BCUT2D eigenvalue weighted by Gasteiger charge is 2.45. The Morgan fingerprint density at radius 2 is 2.28 bits per heavy atom. The highest BCUT2D eigenvalue weighted by atomic mass is 16.4. The maximum absolute atomic E-state index is 10.4. The number of carbonyl (C=O) groups is 1. The van der Waals surface area contributed by atoms with Crippen LogP contribution in [0.3, 0.4) is 0 Å². The number of terminal acetylenes is 1. The fraction of sp³-hybridized carbons (Fsp3) is 0.667. The molecule has 2 N–H and O–H groups in total. The highest BCUT2D eigenvalue weighted by Crippen LogP contribution is 2.51. The van der Waals surface area contributed by atoms with Gasteiger partial charge in [0, 0.05) is 12.3 Å². The molecule has 0 heterocycles. The van der Waals surface area contributed by atoms with Crippen LogP contribution in [0.1, 0.15) is 38.5 Å². The summed E-state index contributed by atoms with van der Waals surface area (Å²) < 4.78 is 0. The maximum Gasteiger partial charge on any atom is 0.303 e.